The van der Waals surface area contributed by atoms with Gasteiger partial charge in [-0.15, -0.1) is 0 Å². The van der Waals surface area contributed by atoms with Crippen LogP contribution in [0, 0.1) is 13.8 Å². The molecule has 106 valence electrons. The summed E-state index contributed by atoms with van der Waals surface area (Å²) in [6.45, 7) is 7.56. The maximum Gasteiger partial charge on any atom is 0.339 e. The highest BCUT2D eigenvalue weighted by Crippen LogP contribution is 2.26. The lowest BCUT2D eigenvalue weighted by molar-refractivity contribution is 0.0696. The SMILES string of the molecule is CCC(C)(CCO)Nc1cc(C)nc(C)c1C(=O)O. The zero-order valence-electron chi connectivity index (χ0n) is 11.9. The van der Waals surface area contributed by atoms with Crippen LogP contribution in [0.2, 0.25) is 0 Å². The Bertz CT molecular complexity index is 474. The van der Waals surface area contributed by atoms with Crippen LogP contribution in [0.15, 0.2) is 6.07 Å². The summed E-state index contributed by atoms with van der Waals surface area (Å²) in [6.07, 6.45) is 1.34. The second-order valence-electron chi connectivity index (χ2n) is 5.09. The van der Waals surface area contributed by atoms with Gasteiger partial charge in [0.1, 0.15) is 5.56 Å². The molecule has 0 bridgehead atoms. The van der Waals surface area contributed by atoms with E-state index in [1.54, 1.807) is 13.0 Å². The van der Waals surface area contributed by atoms with Crippen molar-refractivity contribution in [1.82, 2.24) is 4.98 Å². The molecule has 0 fully saturated rings. The average molecular weight is 266 g/mol. The van der Waals surface area contributed by atoms with E-state index in [9.17, 15) is 9.90 Å². The number of nitrogens with one attached hydrogen (secondary N) is 1. The average Bonchev–Trinajstić information content (AvgIpc) is 2.27. The Labute approximate surface area is 113 Å². The molecule has 5 heteroatoms. The molecule has 1 unspecified atom stereocenters. The minimum Gasteiger partial charge on any atom is -0.478 e. The van der Waals surface area contributed by atoms with Gasteiger partial charge in [-0.1, -0.05) is 6.92 Å². The number of aryl methyl sites for hydroxylation is 2. The number of anilines is 1. The highest BCUT2D eigenvalue weighted by atomic mass is 16.4. The van der Waals surface area contributed by atoms with Gasteiger partial charge in [-0.3, -0.25) is 4.98 Å². The molecule has 5 nitrogen and oxygen atoms in total. The van der Waals surface area contributed by atoms with E-state index in [-0.39, 0.29) is 17.7 Å². The third-order valence-corrected chi connectivity index (χ3v) is 3.42. The summed E-state index contributed by atoms with van der Waals surface area (Å²) in [4.78, 5) is 15.5. The van der Waals surface area contributed by atoms with Crippen molar-refractivity contribution < 1.29 is 15.0 Å². The lowest BCUT2D eigenvalue weighted by atomic mass is 9.93. The number of aliphatic hydroxyl groups excluding tert-OH is 1. The van der Waals surface area contributed by atoms with Gasteiger partial charge in [0.2, 0.25) is 0 Å². The molecular formula is C14H22N2O3. The first kappa shape index (κ1) is 15.4. The molecule has 1 atom stereocenters. The zero-order valence-corrected chi connectivity index (χ0v) is 11.9. The molecule has 0 saturated heterocycles. The molecular weight excluding hydrogens is 244 g/mol. The molecule has 0 aromatic carbocycles. The maximum atomic E-state index is 11.4. The van der Waals surface area contributed by atoms with E-state index < -0.39 is 5.97 Å². The molecule has 19 heavy (non-hydrogen) atoms. The van der Waals surface area contributed by atoms with Crippen molar-refractivity contribution in [2.24, 2.45) is 0 Å². The molecule has 0 radical (unpaired) electrons. The molecule has 3 N–H and O–H groups in total. The largest absolute Gasteiger partial charge is 0.478 e. The number of aliphatic hydroxyl groups is 1. The van der Waals surface area contributed by atoms with Crippen LogP contribution < -0.4 is 5.32 Å². The first-order valence-electron chi connectivity index (χ1n) is 6.43. The quantitative estimate of drug-likeness (QED) is 0.736. The number of nitrogens with zero attached hydrogens (tertiary/aromatic N) is 1. The van der Waals surface area contributed by atoms with Crippen molar-refractivity contribution in [3.05, 3.63) is 23.0 Å². The van der Waals surface area contributed by atoms with Crippen LogP contribution in [0.4, 0.5) is 5.69 Å². The van der Waals surface area contributed by atoms with Gasteiger partial charge < -0.3 is 15.5 Å². The monoisotopic (exact) mass is 266 g/mol. The Balaban J connectivity index is 3.22. The molecule has 0 saturated carbocycles. The Hall–Kier alpha value is -1.62. The van der Waals surface area contributed by atoms with E-state index in [1.807, 2.05) is 20.8 Å². The van der Waals surface area contributed by atoms with Crippen molar-refractivity contribution >= 4 is 11.7 Å². The van der Waals surface area contributed by atoms with Crippen molar-refractivity contribution in [3.63, 3.8) is 0 Å². The molecule has 1 aromatic heterocycles. The fourth-order valence-electron chi connectivity index (χ4n) is 2.10. The summed E-state index contributed by atoms with van der Waals surface area (Å²) in [7, 11) is 0. The molecule has 1 aromatic rings. The summed E-state index contributed by atoms with van der Waals surface area (Å²) < 4.78 is 0. The van der Waals surface area contributed by atoms with Gasteiger partial charge >= 0.3 is 5.97 Å². The molecule has 0 aliphatic carbocycles. The minimum absolute atomic E-state index is 0.0583. The van der Waals surface area contributed by atoms with Gasteiger partial charge in [-0.25, -0.2) is 4.79 Å². The van der Waals surface area contributed by atoms with E-state index in [2.05, 4.69) is 10.3 Å². The predicted octanol–water partition coefficient (Wildman–Crippen LogP) is 2.36. The van der Waals surface area contributed by atoms with E-state index >= 15 is 0 Å². The van der Waals surface area contributed by atoms with E-state index in [0.717, 1.165) is 12.1 Å². The van der Waals surface area contributed by atoms with E-state index in [1.165, 1.54) is 0 Å². The molecule has 1 rings (SSSR count). The van der Waals surface area contributed by atoms with Gasteiger partial charge in [-0.05, 0) is 39.7 Å². The van der Waals surface area contributed by atoms with Crippen LogP contribution >= 0.6 is 0 Å². The number of rotatable bonds is 6. The first-order valence-corrected chi connectivity index (χ1v) is 6.43. The summed E-state index contributed by atoms with van der Waals surface area (Å²) in [5.74, 6) is -0.991. The van der Waals surface area contributed by atoms with Gasteiger partial charge in [0.15, 0.2) is 0 Å². The van der Waals surface area contributed by atoms with Crippen molar-refractivity contribution in [2.45, 2.75) is 46.1 Å². The van der Waals surface area contributed by atoms with Crippen LogP contribution in [0.3, 0.4) is 0 Å². The van der Waals surface area contributed by atoms with Crippen molar-refractivity contribution in [2.75, 3.05) is 11.9 Å². The van der Waals surface area contributed by atoms with Crippen LogP contribution in [0.1, 0.15) is 48.4 Å². The lowest BCUT2D eigenvalue weighted by Gasteiger charge is -2.31. The van der Waals surface area contributed by atoms with Crippen LogP contribution in [0.25, 0.3) is 0 Å². The summed E-state index contributed by atoms with van der Waals surface area (Å²) >= 11 is 0. The fraction of sp³-hybridized carbons (Fsp3) is 0.571. The minimum atomic E-state index is -0.991. The number of carbonyl (C=O) groups is 1. The van der Waals surface area contributed by atoms with Gasteiger partial charge in [0.05, 0.1) is 11.4 Å². The number of hydrogen-bond donors (Lipinski definition) is 3. The number of hydrogen-bond acceptors (Lipinski definition) is 4. The zero-order chi connectivity index (χ0) is 14.6. The van der Waals surface area contributed by atoms with Crippen molar-refractivity contribution in [1.29, 1.82) is 0 Å². The van der Waals surface area contributed by atoms with Crippen LogP contribution in [0.5, 0.6) is 0 Å². The molecule has 0 aliphatic heterocycles. The normalized spacial score (nSPS) is 13.9. The molecule has 0 spiro atoms. The smallest absolute Gasteiger partial charge is 0.339 e. The van der Waals surface area contributed by atoms with Crippen molar-refractivity contribution in [3.8, 4) is 0 Å². The van der Waals surface area contributed by atoms with E-state index in [0.29, 0.717) is 17.8 Å². The first-order chi connectivity index (χ1) is 8.83. The summed E-state index contributed by atoms with van der Waals surface area (Å²) in [5.41, 5.74) is 1.70. The highest BCUT2D eigenvalue weighted by Gasteiger charge is 2.25. The van der Waals surface area contributed by atoms with Gasteiger partial charge in [0, 0.05) is 17.8 Å². The molecule has 1 heterocycles. The Morgan fingerprint density at radius 1 is 1.47 bits per heavy atom. The third-order valence-electron chi connectivity index (χ3n) is 3.42. The van der Waals surface area contributed by atoms with Gasteiger partial charge in [-0.2, -0.15) is 0 Å². The van der Waals surface area contributed by atoms with E-state index in [4.69, 9.17) is 5.11 Å². The fourth-order valence-corrected chi connectivity index (χ4v) is 2.10. The summed E-state index contributed by atoms with van der Waals surface area (Å²) in [5, 5.41) is 21.7. The van der Waals surface area contributed by atoms with Gasteiger partial charge in [0.25, 0.3) is 0 Å². The summed E-state index contributed by atoms with van der Waals surface area (Å²) in [6, 6.07) is 1.74. The Kier molecular flexibility index (Phi) is 4.89. The number of aromatic nitrogens is 1. The number of carboxylic acid groups (broad SMARTS) is 1. The topological polar surface area (TPSA) is 82.5 Å². The highest BCUT2D eigenvalue weighted by molar-refractivity contribution is 5.95. The Morgan fingerprint density at radius 3 is 2.58 bits per heavy atom. The predicted molar refractivity (Wildman–Crippen MR) is 74.7 cm³/mol. The van der Waals surface area contributed by atoms with Crippen LogP contribution in [-0.2, 0) is 0 Å². The maximum absolute atomic E-state index is 11.4. The molecule has 0 amide bonds. The van der Waals surface area contributed by atoms with Crippen LogP contribution in [-0.4, -0.2) is 33.3 Å². The molecule has 0 aliphatic rings. The second kappa shape index (κ2) is 6.02. The second-order valence-corrected chi connectivity index (χ2v) is 5.09. The third kappa shape index (κ3) is 3.67. The Morgan fingerprint density at radius 2 is 2.11 bits per heavy atom. The number of pyridine rings is 1. The number of carboxylic acids is 1. The standard InChI is InChI=1S/C14H22N2O3/c1-5-14(4,6-7-17)16-11-8-9(2)15-10(3)12(11)13(18)19/h8,17H,5-7H2,1-4H3,(H,15,16)(H,18,19). The lowest BCUT2D eigenvalue weighted by Crippen LogP contribution is -2.36. The number of aromatic carboxylic acids is 1.